The smallest absolute Gasteiger partial charge is 0.231 e. The van der Waals surface area contributed by atoms with E-state index in [0.717, 1.165) is 37.0 Å². The van der Waals surface area contributed by atoms with E-state index in [1.165, 1.54) is 11.8 Å². The molecule has 106 valence electrons. The Morgan fingerprint density at radius 2 is 1.95 bits per heavy atom. The average molecular weight is 289 g/mol. The minimum Gasteiger partial charge on any atom is -0.399 e. The van der Waals surface area contributed by atoms with Crippen LogP contribution < -0.4 is 11.1 Å². The number of carbonyl (C=O) groups excluding carboxylic acids is 1. The molecule has 1 aliphatic carbocycles. The summed E-state index contributed by atoms with van der Waals surface area (Å²) in [6.07, 6.45) is 4.71. The fourth-order valence-corrected chi connectivity index (χ4v) is 3.13. The van der Waals surface area contributed by atoms with Gasteiger partial charge in [-0.05, 0) is 37.1 Å². The third kappa shape index (κ3) is 3.91. The highest BCUT2D eigenvalue weighted by atomic mass is 32.2. The Morgan fingerprint density at radius 1 is 1.30 bits per heavy atom. The first-order valence-electron chi connectivity index (χ1n) is 6.84. The van der Waals surface area contributed by atoms with Crippen LogP contribution in [0.1, 0.15) is 32.1 Å². The summed E-state index contributed by atoms with van der Waals surface area (Å²) in [5.74, 6) is 0.253. The van der Waals surface area contributed by atoms with Crippen LogP contribution in [-0.2, 0) is 4.79 Å². The molecule has 0 spiro atoms. The quantitative estimate of drug-likeness (QED) is 0.660. The summed E-state index contributed by atoms with van der Waals surface area (Å²) in [5.41, 5.74) is 5.69. The highest BCUT2D eigenvalue weighted by molar-refractivity contribution is 8.00. The molecule has 1 aliphatic rings. The van der Waals surface area contributed by atoms with Crippen LogP contribution in [-0.4, -0.2) is 17.2 Å². The zero-order valence-electron chi connectivity index (χ0n) is 11.4. The normalized spacial score (nSPS) is 17.1. The third-order valence-electron chi connectivity index (χ3n) is 3.55. The topological polar surface area (TPSA) is 78.9 Å². The first-order valence-corrected chi connectivity index (χ1v) is 7.83. The molecule has 0 radical (unpaired) electrons. The molecule has 1 fully saturated rings. The van der Waals surface area contributed by atoms with Gasteiger partial charge in [0, 0.05) is 10.6 Å². The molecular formula is C15H19N3OS. The molecule has 1 aromatic rings. The number of nitrogen functional groups attached to an aromatic ring is 1. The van der Waals surface area contributed by atoms with E-state index in [1.54, 1.807) is 0 Å². The van der Waals surface area contributed by atoms with Crippen molar-refractivity contribution >= 4 is 23.4 Å². The van der Waals surface area contributed by atoms with Gasteiger partial charge in [0.05, 0.1) is 11.8 Å². The highest BCUT2D eigenvalue weighted by Gasteiger charge is 2.33. The van der Waals surface area contributed by atoms with E-state index >= 15 is 0 Å². The molecule has 2 rings (SSSR count). The standard InChI is InChI=1S/C15H19N3OS/c16-11-15(8-2-1-3-9-15)18-14(19)10-20-13-6-4-12(17)5-7-13/h4-7H,1-3,8-10,17H2,(H,18,19). The largest absolute Gasteiger partial charge is 0.399 e. The van der Waals surface area contributed by atoms with Crippen molar-refractivity contribution in [1.29, 1.82) is 5.26 Å². The van der Waals surface area contributed by atoms with Crippen LogP contribution in [0.25, 0.3) is 0 Å². The fourth-order valence-electron chi connectivity index (χ4n) is 2.44. The molecule has 1 aromatic carbocycles. The summed E-state index contributed by atoms with van der Waals surface area (Å²) in [5, 5.41) is 12.2. The number of carbonyl (C=O) groups is 1. The average Bonchev–Trinajstić information content (AvgIpc) is 2.47. The lowest BCUT2D eigenvalue weighted by Gasteiger charge is -2.31. The van der Waals surface area contributed by atoms with Crippen LogP contribution in [0.15, 0.2) is 29.2 Å². The molecule has 5 heteroatoms. The maximum absolute atomic E-state index is 12.0. The van der Waals surface area contributed by atoms with E-state index in [2.05, 4.69) is 11.4 Å². The number of nitrogens with two attached hydrogens (primary N) is 1. The van der Waals surface area contributed by atoms with Gasteiger partial charge in [0.25, 0.3) is 0 Å². The number of nitrogens with zero attached hydrogens (tertiary/aromatic N) is 1. The van der Waals surface area contributed by atoms with E-state index in [4.69, 9.17) is 5.73 Å². The van der Waals surface area contributed by atoms with Crippen molar-refractivity contribution < 1.29 is 4.79 Å². The SMILES string of the molecule is N#CC1(NC(=O)CSc2ccc(N)cc2)CCCCC1. The van der Waals surface area contributed by atoms with Gasteiger partial charge in [0.15, 0.2) is 0 Å². The van der Waals surface area contributed by atoms with Crippen LogP contribution >= 0.6 is 11.8 Å². The van der Waals surface area contributed by atoms with Crippen LogP contribution in [0.4, 0.5) is 5.69 Å². The predicted molar refractivity (Wildman–Crippen MR) is 81.2 cm³/mol. The Labute approximate surface area is 123 Å². The molecule has 4 nitrogen and oxygen atoms in total. The second-order valence-electron chi connectivity index (χ2n) is 5.16. The molecule has 20 heavy (non-hydrogen) atoms. The molecule has 0 atom stereocenters. The number of anilines is 1. The van der Waals surface area contributed by atoms with Crippen molar-refractivity contribution in [1.82, 2.24) is 5.32 Å². The maximum Gasteiger partial charge on any atom is 0.231 e. The Kier molecular flexibility index (Phi) is 4.91. The highest BCUT2D eigenvalue weighted by Crippen LogP contribution is 2.28. The minimum atomic E-state index is -0.642. The monoisotopic (exact) mass is 289 g/mol. The summed E-state index contributed by atoms with van der Waals surface area (Å²) in [6.45, 7) is 0. The zero-order chi connectivity index (χ0) is 14.4. The Hall–Kier alpha value is -1.67. The lowest BCUT2D eigenvalue weighted by molar-refractivity contribution is -0.120. The van der Waals surface area contributed by atoms with Gasteiger partial charge < -0.3 is 11.1 Å². The summed E-state index contributed by atoms with van der Waals surface area (Å²) in [7, 11) is 0. The van der Waals surface area contributed by atoms with Crippen molar-refractivity contribution in [3.8, 4) is 6.07 Å². The zero-order valence-corrected chi connectivity index (χ0v) is 12.2. The number of benzene rings is 1. The predicted octanol–water partition coefficient (Wildman–Crippen LogP) is 2.70. The van der Waals surface area contributed by atoms with E-state index in [1.807, 2.05) is 24.3 Å². The fraction of sp³-hybridized carbons (Fsp3) is 0.467. The molecule has 0 saturated heterocycles. The van der Waals surface area contributed by atoms with Gasteiger partial charge in [-0.2, -0.15) is 5.26 Å². The third-order valence-corrected chi connectivity index (χ3v) is 4.56. The van der Waals surface area contributed by atoms with Gasteiger partial charge in [-0.3, -0.25) is 4.79 Å². The van der Waals surface area contributed by atoms with E-state index < -0.39 is 5.54 Å². The van der Waals surface area contributed by atoms with Crippen LogP contribution in [0, 0.1) is 11.3 Å². The van der Waals surface area contributed by atoms with Gasteiger partial charge in [0.1, 0.15) is 5.54 Å². The molecule has 0 aliphatic heterocycles. The Bertz CT molecular complexity index is 501. The van der Waals surface area contributed by atoms with Crippen molar-refractivity contribution in [3.63, 3.8) is 0 Å². The van der Waals surface area contributed by atoms with Crippen LogP contribution in [0.2, 0.25) is 0 Å². The van der Waals surface area contributed by atoms with Crippen molar-refractivity contribution in [2.45, 2.75) is 42.5 Å². The van der Waals surface area contributed by atoms with Gasteiger partial charge in [-0.1, -0.05) is 19.3 Å². The second kappa shape index (κ2) is 6.67. The van der Waals surface area contributed by atoms with Gasteiger partial charge in [0.2, 0.25) is 5.91 Å². The Morgan fingerprint density at radius 3 is 2.55 bits per heavy atom. The molecule has 1 amide bonds. The molecule has 0 aromatic heterocycles. The van der Waals surface area contributed by atoms with Crippen LogP contribution in [0.5, 0.6) is 0 Å². The summed E-state index contributed by atoms with van der Waals surface area (Å²) >= 11 is 1.46. The number of hydrogen-bond donors (Lipinski definition) is 2. The molecule has 0 heterocycles. The molecular weight excluding hydrogens is 270 g/mol. The van der Waals surface area contributed by atoms with Crippen molar-refractivity contribution in [2.75, 3.05) is 11.5 Å². The van der Waals surface area contributed by atoms with E-state index in [-0.39, 0.29) is 5.91 Å². The van der Waals surface area contributed by atoms with E-state index in [9.17, 15) is 10.1 Å². The maximum atomic E-state index is 12.0. The number of nitrogens with one attached hydrogen (secondary N) is 1. The lowest BCUT2D eigenvalue weighted by atomic mass is 9.83. The number of nitriles is 1. The molecule has 1 saturated carbocycles. The summed E-state index contributed by atoms with van der Waals surface area (Å²) < 4.78 is 0. The van der Waals surface area contributed by atoms with Gasteiger partial charge in [-0.15, -0.1) is 11.8 Å². The summed E-state index contributed by atoms with van der Waals surface area (Å²) in [6, 6.07) is 9.72. The molecule has 0 unspecified atom stereocenters. The second-order valence-corrected chi connectivity index (χ2v) is 6.21. The first-order chi connectivity index (χ1) is 9.63. The minimum absolute atomic E-state index is 0.0738. The number of thioether (sulfide) groups is 1. The first kappa shape index (κ1) is 14.7. The number of hydrogen-bond acceptors (Lipinski definition) is 4. The van der Waals surface area contributed by atoms with Crippen LogP contribution in [0.3, 0.4) is 0 Å². The van der Waals surface area contributed by atoms with Gasteiger partial charge in [-0.25, -0.2) is 0 Å². The van der Waals surface area contributed by atoms with Crippen molar-refractivity contribution in [2.24, 2.45) is 0 Å². The van der Waals surface area contributed by atoms with Gasteiger partial charge >= 0.3 is 0 Å². The Balaban J connectivity index is 1.85. The summed E-state index contributed by atoms with van der Waals surface area (Å²) in [4.78, 5) is 13.0. The van der Waals surface area contributed by atoms with E-state index in [0.29, 0.717) is 11.4 Å². The number of rotatable bonds is 4. The number of amides is 1. The molecule has 0 bridgehead atoms. The lowest BCUT2D eigenvalue weighted by Crippen LogP contribution is -2.49. The van der Waals surface area contributed by atoms with Crippen molar-refractivity contribution in [3.05, 3.63) is 24.3 Å². The molecule has 3 N–H and O–H groups in total.